The minimum absolute atomic E-state index is 0.0691. The average Bonchev–Trinajstić information content (AvgIpc) is 2.90. The second-order valence-electron chi connectivity index (χ2n) is 4.30. The first-order chi connectivity index (χ1) is 10.1. The summed E-state index contributed by atoms with van der Waals surface area (Å²) in [4.78, 5) is 14.1. The number of carbonyl (C=O) groups is 1. The van der Waals surface area contributed by atoms with Gasteiger partial charge in [-0.25, -0.2) is 0 Å². The van der Waals surface area contributed by atoms with Crippen LogP contribution in [0.3, 0.4) is 0 Å². The summed E-state index contributed by atoms with van der Waals surface area (Å²) >= 11 is 1.53. The SMILES string of the molecule is COc1cccc(NC(=O)/C(C#N)=C/c2ccc(C)s2)c1. The van der Waals surface area contributed by atoms with Crippen molar-refractivity contribution in [2.75, 3.05) is 12.4 Å². The van der Waals surface area contributed by atoms with Gasteiger partial charge in [-0.1, -0.05) is 6.07 Å². The van der Waals surface area contributed by atoms with Crippen LogP contribution in [0.25, 0.3) is 6.08 Å². The lowest BCUT2D eigenvalue weighted by atomic mass is 10.2. The Labute approximate surface area is 127 Å². The van der Waals surface area contributed by atoms with Crippen molar-refractivity contribution in [1.29, 1.82) is 5.26 Å². The predicted molar refractivity (Wildman–Crippen MR) is 84.3 cm³/mol. The zero-order chi connectivity index (χ0) is 15.2. The van der Waals surface area contributed by atoms with Crippen LogP contribution in [-0.4, -0.2) is 13.0 Å². The van der Waals surface area contributed by atoms with Crippen LogP contribution in [0.4, 0.5) is 5.69 Å². The van der Waals surface area contributed by atoms with Crippen LogP contribution in [-0.2, 0) is 4.79 Å². The highest BCUT2D eigenvalue weighted by molar-refractivity contribution is 7.12. The molecule has 21 heavy (non-hydrogen) atoms. The van der Waals surface area contributed by atoms with Crippen LogP contribution in [0, 0.1) is 18.3 Å². The second-order valence-corrected chi connectivity index (χ2v) is 5.62. The van der Waals surface area contributed by atoms with E-state index in [9.17, 15) is 4.79 Å². The topological polar surface area (TPSA) is 62.1 Å². The number of nitriles is 1. The summed E-state index contributed by atoms with van der Waals surface area (Å²) in [6.45, 7) is 1.98. The molecular formula is C16H14N2O2S. The summed E-state index contributed by atoms with van der Waals surface area (Å²) in [5.74, 6) is 0.209. The second kappa shape index (κ2) is 6.73. The van der Waals surface area contributed by atoms with E-state index in [1.165, 1.54) is 11.3 Å². The molecule has 0 aliphatic heterocycles. The first-order valence-electron chi connectivity index (χ1n) is 6.26. The van der Waals surface area contributed by atoms with E-state index in [4.69, 9.17) is 10.00 Å². The Hall–Kier alpha value is -2.58. The molecule has 0 aliphatic carbocycles. The number of rotatable bonds is 4. The van der Waals surface area contributed by atoms with Crippen LogP contribution in [0.15, 0.2) is 42.0 Å². The van der Waals surface area contributed by atoms with E-state index in [1.807, 2.05) is 25.1 Å². The molecule has 0 bridgehead atoms. The van der Waals surface area contributed by atoms with Crippen molar-refractivity contribution in [3.8, 4) is 11.8 Å². The zero-order valence-electron chi connectivity index (χ0n) is 11.7. The number of hydrogen-bond acceptors (Lipinski definition) is 4. The molecule has 106 valence electrons. The number of amides is 1. The Morgan fingerprint density at radius 1 is 1.38 bits per heavy atom. The summed E-state index contributed by atoms with van der Waals surface area (Å²) in [6, 6.07) is 12.8. The monoisotopic (exact) mass is 298 g/mol. The molecular weight excluding hydrogens is 284 g/mol. The van der Waals surface area contributed by atoms with Gasteiger partial charge in [0.1, 0.15) is 17.4 Å². The fourth-order valence-electron chi connectivity index (χ4n) is 1.72. The normalized spacial score (nSPS) is 10.8. The van der Waals surface area contributed by atoms with E-state index >= 15 is 0 Å². The maximum absolute atomic E-state index is 12.1. The van der Waals surface area contributed by atoms with E-state index in [-0.39, 0.29) is 5.57 Å². The van der Waals surface area contributed by atoms with E-state index in [1.54, 1.807) is 37.5 Å². The van der Waals surface area contributed by atoms with Crippen molar-refractivity contribution < 1.29 is 9.53 Å². The summed E-state index contributed by atoms with van der Waals surface area (Å²) in [5, 5.41) is 11.8. The number of nitrogens with one attached hydrogen (secondary N) is 1. The van der Waals surface area contributed by atoms with Gasteiger partial charge in [0.05, 0.1) is 7.11 Å². The van der Waals surface area contributed by atoms with Crippen LogP contribution < -0.4 is 10.1 Å². The minimum atomic E-state index is -0.434. The quantitative estimate of drug-likeness (QED) is 0.693. The Balaban J connectivity index is 2.17. The van der Waals surface area contributed by atoms with Crippen molar-refractivity contribution in [3.63, 3.8) is 0 Å². The van der Waals surface area contributed by atoms with Crippen LogP contribution in [0.5, 0.6) is 5.75 Å². The van der Waals surface area contributed by atoms with Gasteiger partial charge in [0.25, 0.3) is 5.91 Å². The van der Waals surface area contributed by atoms with E-state index in [0.29, 0.717) is 11.4 Å². The van der Waals surface area contributed by atoms with Crippen molar-refractivity contribution >= 4 is 29.0 Å². The van der Waals surface area contributed by atoms with Crippen LogP contribution in [0.1, 0.15) is 9.75 Å². The van der Waals surface area contributed by atoms with E-state index in [0.717, 1.165) is 9.75 Å². The maximum atomic E-state index is 12.1. The van der Waals surface area contributed by atoms with E-state index < -0.39 is 5.91 Å². The summed E-state index contributed by atoms with van der Waals surface area (Å²) < 4.78 is 5.09. The zero-order valence-corrected chi connectivity index (χ0v) is 12.5. The Kier molecular flexibility index (Phi) is 4.75. The summed E-state index contributed by atoms with van der Waals surface area (Å²) in [5.41, 5.74) is 0.655. The molecule has 2 aromatic rings. The summed E-state index contributed by atoms with van der Waals surface area (Å²) in [6.07, 6.45) is 1.59. The largest absolute Gasteiger partial charge is 0.497 e. The molecule has 0 spiro atoms. The average molecular weight is 298 g/mol. The molecule has 0 saturated heterocycles. The Morgan fingerprint density at radius 3 is 2.81 bits per heavy atom. The molecule has 4 nitrogen and oxygen atoms in total. The lowest BCUT2D eigenvalue weighted by molar-refractivity contribution is -0.112. The van der Waals surface area contributed by atoms with Gasteiger partial charge in [-0.05, 0) is 37.3 Å². The number of aryl methyl sites for hydroxylation is 1. The summed E-state index contributed by atoms with van der Waals surface area (Å²) in [7, 11) is 1.56. The van der Waals surface area contributed by atoms with Crippen molar-refractivity contribution in [2.45, 2.75) is 6.92 Å². The van der Waals surface area contributed by atoms with Gasteiger partial charge in [0.15, 0.2) is 0 Å². The van der Waals surface area contributed by atoms with Gasteiger partial charge in [-0.15, -0.1) is 11.3 Å². The number of ether oxygens (including phenoxy) is 1. The molecule has 1 N–H and O–H groups in total. The third-order valence-electron chi connectivity index (χ3n) is 2.74. The number of thiophene rings is 1. The van der Waals surface area contributed by atoms with Gasteiger partial charge >= 0.3 is 0 Å². The van der Waals surface area contributed by atoms with Gasteiger partial charge in [0, 0.05) is 21.5 Å². The number of carbonyl (C=O) groups excluding carboxylic acids is 1. The van der Waals surface area contributed by atoms with Gasteiger partial charge in [-0.3, -0.25) is 4.79 Å². The number of nitrogens with zero attached hydrogens (tertiary/aromatic N) is 1. The van der Waals surface area contributed by atoms with Crippen LogP contribution in [0.2, 0.25) is 0 Å². The molecule has 2 rings (SSSR count). The van der Waals surface area contributed by atoms with E-state index in [2.05, 4.69) is 5.32 Å². The highest BCUT2D eigenvalue weighted by atomic mass is 32.1. The first-order valence-corrected chi connectivity index (χ1v) is 7.07. The molecule has 0 saturated carbocycles. The van der Waals surface area contributed by atoms with Gasteiger partial charge in [-0.2, -0.15) is 5.26 Å². The smallest absolute Gasteiger partial charge is 0.266 e. The molecule has 0 fully saturated rings. The highest BCUT2D eigenvalue weighted by Crippen LogP contribution is 2.20. The molecule has 1 amide bonds. The number of methoxy groups -OCH3 is 1. The fourth-order valence-corrected chi connectivity index (χ4v) is 2.54. The molecule has 0 atom stereocenters. The fraction of sp³-hybridized carbons (Fsp3) is 0.125. The Morgan fingerprint density at radius 2 is 2.19 bits per heavy atom. The molecule has 5 heteroatoms. The third-order valence-corrected chi connectivity index (χ3v) is 3.69. The van der Waals surface area contributed by atoms with Crippen molar-refractivity contribution in [2.24, 2.45) is 0 Å². The Bertz CT molecular complexity index is 726. The maximum Gasteiger partial charge on any atom is 0.266 e. The number of hydrogen-bond donors (Lipinski definition) is 1. The third kappa shape index (κ3) is 3.94. The molecule has 1 aromatic carbocycles. The van der Waals surface area contributed by atoms with Gasteiger partial charge < -0.3 is 10.1 Å². The van der Waals surface area contributed by atoms with Gasteiger partial charge in [0.2, 0.25) is 0 Å². The molecule has 0 unspecified atom stereocenters. The molecule has 1 aromatic heterocycles. The van der Waals surface area contributed by atoms with Crippen molar-refractivity contribution in [1.82, 2.24) is 0 Å². The molecule has 0 aliphatic rings. The standard InChI is InChI=1S/C16H14N2O2S/c1-11-6-7-15(21-11)8-12(10-17)16(19)18-13-4-3-5-14(9-13)20-2/h3-9H,1-2H3,(H,18,19)/b12-8+. The first kappa shape index (κ1) is 14.8. The lowest BCUT2D eigenvalue weighted by Gasteiger charge is -2.06. The lowest BCUT2D eigenvalue weighted by Crippen LogP contribution is -2.13. The van der Waals surface area contributed by atoms with Crippen molar-refractivity contribution in [3.05, 3.63) is 51.7 Å². The molecule has 0 radical (unpaired) electrons. The number of benzene rings is 1. The predicted octanol–water partition coefficient (Wildman–Crippen LogP) is 3.61. The minimum Gasteiger partial charge on any atom is -0.497 e. The highest BCUT2D eigenvalue weighted by Gasteiger charge is 2.10. The number of anilines is 1. The van der Waals surface area contributed by atoms with Crippen LogP contribution >= 0.6 is 11.3 Å². The molecule has 1 heterocycles.